The maximum absolute atomic E-state index is 13.3. The summed E-state index contributed by atoms with van der Waals surface area (Å²) < 4.78 is 13.3. The number of pyridine rings is 1. The van der Waals surface area contributed by atoms with Gasteiger partial charge in [0.25, 0.3) is 0 Å². The predicted octanol–water partition coefficient (Wildman–Crippen LogP) is 1.41. The van der Waals surface area contributed by atoms with Gasteiger partial charge < -0.3 is 5.32 Å². The van der Waals surface area contributed by atoms with Gasteiger partial charge in [0.15, 0.2) is 0 Å². The Morgan fingerprint density at radius 3 is 3.08 bits per heavy atom. The van der Waals surface area contributed by atoms with Crippen LogP contribution in [0.5, 0.6) is 0 Å². The maximum atomic E-state index is 13.3. The van der Waals surface area contributed by atoms with E-state index in [2.05, 4.69) is 10.3 Å². The molecule has 4 heteroatoms. The van der Waals surface area contributed by atoms with Crippen LogP contribution in [0.25, 0.3) is 0 Å². The lowest BCUT2D eigenvalue weighted by Crippen LogP contribution is -2.21. The number of hydrogen-bond acceptors (Lipinski definition) is 2. The van der Waals surface area contributed by atoms with Crippen molar-refractivity contribution in [3.8, 4) is 0 Å². The minimum atomic E-state index is -0.393. The zero-order valence-electron chi connectivity index (χ0n) is 7.22. The van der Waals surface area contributed by atoms with Gasteiger partial charge in [-0.05, 0) is 13.0 Å². The number of hydrogen-bond donors (Lipinski definition) is 1. The van der Waals surface area contributed by atoms with E-state index in [0.717, 1.165) is 0 Å². The van der Waals surface area contributed by atoms with E-state index in [0.29, 0.717) is 24.2 Å². The molecule has 1 amide bonds. The Hall–Kier alpha value is -1.45. The van der Waals surface area contributed by atoms with Gasteiger partial charge in [-0.15, -0.1) is 0 Å². The summed E-state index contributed by atoms with van der Waals surface area (Å²) in [5.74, 6) is -0.535. The minimum Gasteiger partial charge on any atom is -0.322 e. The quantitative estimate of drug-likeness (QED) is 0.656. The van der Waals surface area contributed by atoms with Gasteiger partial charge in [-0.3, -0.25) is 9.78 Å². The molecule has 0 radical (unpaired) electrons. The number of amides is 1. The first-order chi connectivity index (χ1) is 6.16. The Labute approximate surface area is 75.0 Å². The molecule has 1 N–H and O–H groups in total. The summed E-state index contributed by atoms with van der Waals surface area (Å²) in [5, 5.41) is 2.48. The molecule has 1 aliphatic rings. The number of halogens is 1. The lowest BCUT2D eigenvalue weighted by Gasteiger charge is -2.16. The van der Waals surface area contributed by atoms with Crippen LogP contribution >= 0.6 is 0 Å². The zero-order chi connectivity index (χ0) is 9.42. The van der Waals surface area contributed by atoms with Gasteiger partial charge in [-0.1, -0.05) is 0 Å². The van der Waals surface area contributed by atoms with E-state index in [9.17, 15) is 9.18 Å². The van der Waals surface area contributed by atoms with E-state index >= 15 is 0 Å². The average molecular weight is 180 g/mol. The van der Waals surface area contributed by atoms with Crippen LogP contribution in [0.1, 0.15) is 17.8 Å². The van der Waals surface area contributed by atoms with Gasteiger partial charge in [0.05, 0.1) is 11.4 Å². The topological polar surface area (TPSA) is 42.0 Å². The smallest absolute Gasteiger partial charge is 0.224 e. The average Bonchev–Trinajstić information content (AvgIpc) is 2.06. The minimum absolute atomic E-state index is 0.142. The third-order valence-electron chi connectivity index (χ3n) is 2.03. The van der Waals surface area contributed by atoms with Gasteiger partial charge in [0.1, 0.15) is 5.82 Å². The predicted molar refractivity (Wildman–Crippen MR) is 45.9 cm³/mol. The second-order valence-electron chi connectivity index (χ2n) is 3.12. The Bertz CT molecular complexity index is 376. The van der Waals surface area contributed by atoms with E-state index in [4.69, 9.17) is 0 Å². The molecule has 13 heavy (non-hydrogen) atoms. The number of nitrogens with one attached hydrogen (secondary N) is 1. The SMILES string of the molecule is Cc1cc(F)c2c(n1)CCC(=O)N2. The third-order valence-corrected chi connectivity index (χ3v) is 2.03. The number of aromatic nitrogens is 1. The standard InChI is InChI=1S/C9H9FN2O/c1-5-4-6(10)9-7(11-5)2-3-8(13)12-9/h4H,2-3H2,1H3,(H,12,13). The van der Waals surface area contributed by atoms with Gasteiger partial charge in [0.2, 0.25) is 5.91 Å². The van der Waals surface area contributed by atoms with Crippen molar-refractivity contribution in [2.45, 2.75) is 19.8 Å². The number of nitrogens with zero attached hydrogens (tertiary/aromatic N) is 1. The Balaban J connectivity index is 2.53. The van der Waals surface area contributed by atoms with Crippen LogP contribution in [-0.2, 0) is 11.2 Å². The molecular weight excluding hydrogens is 171 g/mol. The normalized spacial score (nSPS) is 15.1. The molecule has 0 aliphatic carbocycles. The van der Waals surface area contributed by atoms with Crippen LogP contribution in [0.15, 0.2) is 6.07 Å². The molecule has 3 nitrogen and oxygen atoms in total. The van der Waals surface area contributed by atoms with Gasteiger partial charge >= 0.3 is 0 Å². The van der Waals surface area contributed by atoms with Gasteiger partial charge in [-0.25, -0.2) is 4.39 Å². The van der Waals surface area contributed by atoms with Crippen LogP contribution in [0, 0.1) is 12.7 Å². The molecule has 68 valence electrons. The summed E-state index contributed by atoms with van der Waals surface area (Å²) in [6.45, 7) is 1.74. The highest BCUT2D eigenvalue weighted by Gasteiger charge is 2.19. The number of fused-ring (bicyclic) bond motifs is 1. The molecular formula is C9H9FN2O. The van der Waals surface area contributed by atoms with Crippen molar-refractivity contribution < 1.29 is 9.18 Å². The van der Waals surface area contributed by atoms with Crippen molar-refractivity contribution >= 4 is 11.6 Å². The molecule has 0 saturated carbocycles. The fourth-order valence-electron chi connectivity index (χ4n) is 1.44. The molecule has 2 rings (SSSR count). The van der Waals surface area contributed by atoms with Crippen LogP contribution in [0.4, 0.5) is 10.1 Å². The fraction of sp³-hybridized carbons (Fsp3) is 0.333. The van der Waals surface area contributed by atoms with E-state index in [-0.39, 0.29) is 11.6 Å². The van der Waals surface area contributed by atoms with Crippen LogP contribution < -0.4 is 5.32 Å². The second kappa shape index (κ2) is 2.80. The fourth-order valence-corrected chi connectivity index (χ4v) is 1.44. The first-order valence-corrected chi connectivity index (χ1v) is 4.12. The molecule has 0 unspecified atom stereocenters. The molecule has 0 saturated heterocycles. The maximum Gasteiger partial charge on any atom is 0.224 e. The molecule has 0 aromatic carbocycles. The van der Waals surface area contributed by atoms with E-state index in [1.54, 1.807) is 6.92 Å². The van der Waals surface area contributed by atoms with Crippen molar-refractivity contribution in [2.75, 3.05) is 5.32 Å². The number of anilines is 1. The summed E-state index contributed by atoms with van der Waals surface area (Å²) in [6, 6.07) is 1.32. The largest absolute Gasteiger partial charge is 0.322 e. The lowest BCUT2D eigenvalue weighted by molar-refractivity contribution is -0.116. The van der Waals surface area contributed by atoms with E-state index < -0.39 is 5.82 Å². The molecule has 0 spiro atoms. The Morgan fingerprint density at radius 1 is 1.54 bits per heavy atom. The van der Waals surface area contributed by atoms with Crippen LogP contribution in [0.3, 0.4) is 0 Å². The highest BCUT2D eigenvalue weighted by molar-refractivity contribution is 5.93. The molecule has 2 heterocycles. The van der Waals surface area contributed by atoms with Crippen molar-refractivity contribution in [1.29, 1.82) is 0 Å². The molecule has 1 aromatic heterocycles. The van der Waals surface area contributed by atoms with Crippen molar-refractivity contribution in [1.82, 2.24) is 4.98 Å². The monoisotopic (exact) mass is 180 g/mol. The van der Waals surface area contributed by atoms with E-state index in [1.807, 2.05) is 0 Å². The number of aryl methyl sites for hydroxylation is 2. The summed E-state index contributed by atoms with van der Waals surface area (Å²) >= 11 is 0. The lowest BCUT2D eigenvalue weighted by atomic mass is 10.1. The molecule has 1 aliphatic heterocycles. The second-order valence-corrected chi connectivity index (χ2v) is 3.12. The van der Waals surface area contributed by atoms with Gasteiger partial charge in [-0.2, -0.15) is 0 Å². The summed E-state index contributed by atoms with van der Waals surface area (Å²) in [6.07, 6.45) is 0.919. The van der Waals surface area contributed by atoms with Crippen LogP contribution in [0.2, 0.25) is 0 Å². The number of carbonyl (C=O) groups excluding carboxylic acids is 1. The summed E-state index contributed by atoms with van der Waals surface area (Å²) in [7, 11) is 0. The zero-order valence-corrected chi connectivity index (χ0v) is 7.22. The summed E-state index contributed by atoms with van der Waals surface area (Å²) in [4.78, 5) is 15.1. The molecule has 1 aromatic rings. The van der Waals surface area contributed by atoms with Crippen molar-refractivity contribution in [3.05, 3.63) is 23.3 Å². The van der Waals surface area contributed by atoms with Crippen LogP contribution in [-0.4, -0.2) is 10.9 Å². The Kier molecular flexibility index (Phi) is 1.76. The first kappa shape index (κ1) is 8.16. The third kappa shape index (κ3) is 1.39. The number of carbonyl (C=O) groups is 1. The van der Waals surface area contributed by atoms with Gasteiger partial charge in [0, 0.05) is 18.5 Å². The van der Waals surface area contributed by atoms with Crippen molar-refractivity contribution in [3.63, 3.8) is 0 Å². The molecule has 0 fully saturated rings. The van der Waals surface area contributed by atoms with E-state index in [1.165, 1.54) is 6.07 Å². The molecule has 0 bridgehead atoms. The summed E-state index contributed by atoms with van der Waals surface area (Å²) in [5.41, 5.74) is 1.55. The first-order valence-electron chi connectivity index (χ1n) is 4.12. The highest BCUT2D eigenvalue weighted by atomic mass is 19.1. The van der Waals surface area contributed by atoms with Crippen molar-refractivity contribution in [2.24, 2.45) is 0 Å². The number of rotatable bonds is 0. The Morgan fingerprint density at radius 2 is 2.31 bits per heavy atom. The highest BCUT2D eigenvalue weighted by Crippen LogP contribution is 2.24. The molecule has 0 atom stereocenters.